The van der Waals surface area contributed by atoms with Crippen LogP contribution in [-0.4, -0.2) is 21.6 Å². The molecule has 0 aliphatic heterocycles. The Morgan fingerprint density at radius 1 is 1.26 bits per heavy atom. The highest BCUT2D eigenvalue weighted by molar-refractivity contribution is 5.79. The molecule has 0 atom stereocenters. The summed E-state index contributed by atoms with van der Waals surface area (Å²) in [6.07, 6.45) is 3.51. The molecule has 0 radical (unpaired) electrons. The number of rotatable bonds is 3. The molecule has 2 aromatic heterocycles. The highest BCUT2D eigenvalue weighted by Crippen LogP contribution is 2.30. The molecule has 1 N–H and O–H groups in total. The van der Waals surface area contributed by atoms with E-state index in [0.717, 1.165) is 28.2 Å². The second-order valence-corrected chi connectivity index (χ2v) is 4.41. The van der Waals surface area contributed by atoms with Crippen LogP contribution in [0.5, 0.6) is 5.75 Å². The van der Waals surface area contributed by atoms with E-state index in [9.17, 15) is 0 Å². The maximum absolute atomic E-state index is 5.69. The van der Waals surface area contributed by atoms with Gasteiger partial charge in [-0.25, -0.2) is 4.98 Å². The molecule has 0 saturated heterocycles. The van der Waals surface area contributed by atoms with Crippen molar-refractivity contribution in [2.75, 3.05) is 6.61 Å². The predicted molar refractivity (Wildman–Crippen MR) is 75.2 cm³/mol. The van der Waals surface area contributed by atoms with Crippen molar-refractivity contribution in [1.82, 2.24) is 15.0 Å². The molecular weight excluding hydrogens is 238 g/mol. The molecule has 3 rings (SSSR count). The van der Waals surface area contributed by atoms with E-state index in [-0.39, 0.29) is 0 Å². The molecule has 96 valence electrons. The van der Waals surface area contributed by atoms with E-state index in [0.29, 0.717) is 6.61 Å². The second kappa shape index (κ2) is 4.72. The van der Waals surface area contributed by atoms with Crippen LogP contribution in [0.4, 0.5) is 0 Å². The van der Waals surface area contributed by atoms with Gasteiger partial charge in [-0.15, -0.1) is 0 Å². The van der Waals surface area contributed by atoms with Gasteiger partial charge in [0, 0.05) is 6.20 Å². The Bertz CT molecular complexity index is 685. The van der Waals surface area contributed by atoms with E-state index >= 15 is 0 Å². The van der Waals surface area contributed by atoms with E-state index < -0.39 is 0 Å². The van der Waals surface area contributed by atoms with E-state index in [1.54, 1.807) is 12.4 Å². The average molecular weight is 253 g/mol. The van der Waals surface area contributed by atoms with Gasteiger partial charge in [-0.3, -0.25) is 4.98 Å². The smallest absolute Gasteiger partial charge is 0.142 e. The van der Waals surface area contributed by atoms with Gasteiger partial charge in [-0.05, 0) is 37.6 Å². The van der Waals surface area contributed by atoms with Crippen molar-refractivity contribution in [3.63, 3.8) is 0 Å². The minimum Gasteiger partial charge on any atom is -0.493 e. The van der Waals surface area contributed by atoms with Crippen LogP contribution in [0, 0.1) is 6.92 Å². The normalized spacial score (nSPS) is 10.8. The van der Waals surface area contributed by atoms with Gasteiger partial charge in [0.05, 0.1) is 23.9 Å². The summed E-state index contributed by atoms with van der Waals surface area (Å²) in [6, 6.07) is 8.04. The van der Waals surface area contributed by atoms with Crippen LogP contribution in [0.15, 0.2) is 36.7 Å². The summed E-state index contributed by atoms with van der Waals surface area (Å²) in [5, 5.41) is 0. The highest BCUT2D eigenvalue weighted by Gasteiger charge is 2.11. The van der Waals surface area contributed by atoms with Crippen molar-refractivity contribution in [3.05, 3.63) is 42.2 Å². The number of hydrogen-bond acceptors (Lipinski definition) is 3. The van der Waals surface area contributed by atoms with Crippen LogP contribution < -0.4 is 4.74 Å². The quantitative estimate of drug-likeness (QED) is 0.779. The van der Waals surface area contributed by atoms with E-state index in [4.69, 9.17) is 4.74 Å². The van der Waals surface area contributed by atoms with Crippen LogP contribution in [0.3, 0.4) is 0 Å². The van der Waals surface area contributed by atoms with Crippen LogP contribution in [0.1, 0.15) is 12.5 Å². The van der Waals surface area contributed by atoms with Crippen molar-refractivity contribution in [2.45, 2.75) is 13.8 Å². The lowest BCUT2D eigenvalue weighted by molar-refractivity contribution is 0.341. The topological polar surface area (TPSA) is 50.8 Å². The summed E-state index contributed by atoms with van der Waals surface area (Å²) in [4.78, 5) is 11.9. The van der Waals surface area contributed by atoms with Crippen molar-refractivity contribution in [3.8, 4) is 17.1 Å². The maximum atomic E-state index is 5.69. The summed E-state index contributed by atoms with van der Waals surface area (Å²) in [7, 11) is 0. The van der Waals surface area contributed by atoms with Crippen LogP contribution in [0.25, 0.3) is 22.4 Å². The molecule has 2 heterocycles. The molecular formula is C15H15N3O. The molecule has 0 fully saturated rings. The molecule has 3 aromatic rings. The van der Waals surface area contributed by atoms with Gasteiger partial charge < -0.3 is 9.72 Å². The number of aromatic amines is 1. The standard InChI is InChI=1S/C15H15N3O/c1-3-19-14-8-10(2)4-5-11(14)15-17-12-6-7-16-9-13(12)18-15/h4-9H,3H2,1-2H3,(H,17,18). The maximum Gasteiger partial charge on any atom is 0.142 e. The van der Waals surface area contributed by atoms with E-state index in [2.05, 4.69) is 27.9 Å². The molecule has 0 aliphatic carbocycles. The van der Waals surface area contributed by atoms with Crippen molar-refractivity contribution < 1.29 is 4.74 Å². The lowest BCUT2D eigenvalue weighted by Crippen LogP contribution is -1.95. The first kappa shape index (κ1) is 11.7. The Balaban J connectivity index is 2.14. The number of aryl methyl sites for hydroxylation is 1. The molecule has 0 amide bonds. The lowest BCUT2D eigenvalue weighted by Gasteiger charge is -2.09. The van der Waals surface area contributed by atoms with Crippen LogP contribution in [-0.2, 0) is 0 Å². The van der Waals surface area contributed by atoms with Crippen molar-refractivity contribution >= 4 is 11.0 Å². The number of aromatic nitrogens is 3. The van der Waals surface area contributed by atoms with Crippen molar-refractivity contribution in [2.24, 2.45) is 0 Å². The van der Waals surface area contributed by atoms with Gasteiger partial charge in [-0.1, -0.05) is 6.07 Å². The largest absolute Gasteiger partial charge is 0.493 e. The van der Waals surface area contributed by atoms with Crippen molar-refractivity contribution in [1.29, 1.82) is 0 Å². The SMILES string of the molecule is CCOc1cc(C)ccc1-c1nc2cnccc2[nH]1. The van der Waals surface area contributed by atoms with Gasteiger partial charge in [0.1, 0.15) is 17.1 Å². The first-order valence-corrected chi connectivity index (χ1v) is 6.31. The molecule has 0 spiro atoms. The summed E-state index contributed by atoms with van der Waals surface area (Å²) in [6.45, 7) is 4.67. The predicted octanol–water partition coefficient (Wildman–Crippen LogP) is 3.33. The molecule has 0 bridgehead atoms. The zero-order valence-corrected chi connectivity index (χ0v) is 11.0. The minimum atomic E-state index is 0.637. The number of imidazole rings is 1. The Labute approximate surface area is 111 Å². The number of benzene rings is 1. The third kappa shape index (κ3) is 2.17. The second-order valence-electron chi connectivity index (χ2n) is 4.41. The van der Waals surface area contributed by atoms with Gasteiger partial charge in [0.25, 0.3) is 0 Å². The zero-order valence-electron chi connectivity index (χ0n) is 11.0. The monoisotopic (exact) mass is 253 g/mol. The van der Waals surface area contributed by atoms with E-state index in [1.165, 1.54) is 5.56 Å². The number of hydrogen-bond donors (Lipinski definition) is 1. The molecule has 1 aromatic carbocycles. The summed E-state index contributed by atoms with van der Waals surface area (Å²) < 4.78 is 5.69. The number of nitrogens with one attached hydrogen (secondary N) is 1. The third-order valence-electron chi connectivity index (χ3n) is 2.98. The first-order chi connectivity index (χ1) is 9.28. The summed E-state index contributed by atoms with van der Waals surface area (Å²) >= 11 is 0. The Hall–Kier alpha value is -2.36. The number of pyridine rings is 1. The number of ether oxygens (including phenoxy) is 1. The fourth-order valence-electron chi connectivity index (χ4n) is 2.08. The Kier molecular flexibility index (Phi) is 2.91. The average Bonchev–Trinajstić information content (AvgIpc) is 2.82. The number of H-pyrrole nitrogens is 1. The van der Waals surface area contributed by atoms with Gasteiger partial charge >= 0.3 is 0 Å². The lowest BCUT2D eigenvalue weighted by atomic mass is 10.1. The Morgan fingerprint density at radius 2 is 2.16 bits per heavy atom. The van der Waals surface area contributed by atoms with Gasteiger partial charge in [0.2, 0.25) is 0 Å². The minimum absolute atomic E-state index is 0.637. The first-order valence-electron chi connectivity index (χ1n) is 6.31. The van der Waals surface area contributed by atoms with Gasteiger partial charge in [0.15, 0.2) is 0 Å². The molecule has 0 unspecified atom stereocenters. The number of nitrogens with zero attached hydrogens (tertiary/aromatic N) is 2. The molecule has 0 aliphatic rings. The fourth-order valence-corrected chi connectivity index (χ4v) is 2.08. The van der Waals surface area contributed by atoms with Crippen LogP contribution >= 0.6 is 0 Å². The van der Waals surface area contributed by atoms with E-state index in [1.807, 2.05) is 25.1 Å². The zero-order chi connectivity index (χ0) is 13.2. The number of fused-ring (bicyclic) bond motifs is 1. The van der Waals surface area contributed by atoms with Gasteiger partial charge in [-0.2, -0.15) is 0 Å². The summed E-state index contributed by atoms with van der Waals surface area (Å²) in [5.41, 5.74) is 3.99. The van der Waals surface area contributed by atoms with Crippen LogP contribution in [0.2, 0.25) is 0 Å². The molecule has 4 heteroatoms. The highest BCUT2D eigenvalue weighted by atomic mass is 16.5. The molecule has 4 nitrogen and oxygen atoms in total. The fraction of sp³-hybridized carbons (Fsp3) is 0.200. The Morgan fingerprint density at radius 3 is 2.95 bits per heavy atom. The molecule has 0 saturated carbocycles. The summed E-state index contributed by atoms with van der Waals surface area (Å²) in [5.74, 6) is 1.67. The molecule has 19 heavy (non-hydrogen) atoms. The third-order valence-corrected chi connectivity index (χ3v) is 2.98.